The lowest BCUT2D eigenvalue weighted by Crippen LogP contribution is -1.83. The van der Waals surface area contributed by atoms with Crippen LogP contribution in [0.1, 0.15) is 110 Å². The van der Waals surface area contributed by atoms with Crippen LogP contribution in [0.15, 0.2) is 24.3 Å². The van der Waals surface area contributed by atoms with Crippen molar-refractivity contribution in [3.63, 3.8) is 0 Å². The third-order valence-electron chi connectivity index (χ3n) is 4.33. The van der Waals surface area contributed by atoms with E-state index in [-0.39, 0.29) is 0 Å². The van der Waals surface area contributed by atoms with Crippen molar-refractivity contribution in [3.8, 4) is 0 Å². The number of hydrogen-bond donors (Lipinski definition) is 1. The molecular weight excluding hydrogens is 280 g/mol. The van der Waals surface area contributed by atoms with Crippen molar-refractivity contribution in [1.82, 2.24) is 0 Å². The molecule has 0 unspecified atom stereocenters. The van der Waals surface area contributed by atoms with E-state index >= 15 is 0 Å². The summed E-state index contributed by atoms with van der Waals surface area (Å²) in [4.78, 5) is 0. The van der Waals surface area contributed by atoms with Gasteiger partial charge in [0.15, 0.2) is 0 Å². The molecule has 0 radical (unpaired) electrons. The van der Waals surface area contributed by atoms with Gasteiger partial charge in [0.1, 0.15) is 0 Å². The molecule has 0 heterocycles. The smallest absolute Gasteiger partial charge is 0.0431 e. The van der Waals surface area contributed by atoms with Crippen LogP contribution in [-0.4, -0.2) is 11.7 Å². The van der Waals surface area contributed by atoms with Crippen LogP contribution < -0.4 is 0 Å². The van der Waals surface area contributed by atoms with Crippen LogP contribution in [0.3, 0.4) is 0 Å². The number of allylic oxidation sites excluding steroid dienone is 4. The van der Waals surface area contributed by atoms with Crippen LogP contribution >= 0.6 is 0 Å². The first-order valence-electron chi connectivity index (χ1n) is 10.3. The maximum absolute atomic E-state index is 8.70. The normalized spacial score (nSPS) is 11.9. The molecule has 0 aromatic rings. The highest BCUT2D eigenvalue weighted by Crippen LogP contribution is 2.09. The first kappa shape index (κ1) is 22.4. The molecule has 0 aliphatic carbocycles. The van der Waals surface area contributed by atoms with Gasteiger partial charge in [0.25, 0.3) is 0 Å². The van der Waals surface area contributed by atoms with Crippen molar-refractivity contribution in [2.45, 2.75) is 110 Å². The van der Waals surface area contributed by atoms with Gasteiger partial charge in [0, 0.05) is 6.61 Å². The van der Waals surface area contributed by atoms with Gasteiger partial charge in [-0.25, -0.2) is 0 Å². The molecule has 0 amide bonds. The molecule has 0 aliphatic heterocycles. The summed E-state index contributed by atoms with van der Waals surface area (Å²) in [5.41, 5.74) is 0. The second kappa shape index (κ2) is 21.4. The predicted molar refractivity (Wildman–Crippen MR) is 105 cm³/mol. The highest BCUT2D eigenvalue weighted by molar-refractivity contribution is 4.84. The van der Waals surface area contributed by atoms with E-state index < -0.39 is 0 Å². The second-order valence-corrected chi connectivity index (χ2v) is 6.71. The van der Waals surface area contributed by atoms with Gasteiger partial charge < -0.3 is 5.11 Å². The van der Waals surface area contributed by atoms with Crippen LogP contribution in [-0.2, 0) is 0 Å². The quantitative estimate of drug-likeness (QED) is 0.206. The highest BCUT2D eigenvalue weighted by atomic mass is 16.2. The maximum Gasteiger partial charge on any atom is 0.0431 e. The zero-order valence-electron chi connectivity index (χ0n) is 15.8. The standard InChI is InChI=1S/C22H42O/c1-2-3-4-5-6-7-8-9-10-11-12-13-14-15-16-17-18-19-20-21-22-23/h6-7,12-13,23H,2-5,8-11,14-22H2,1H3/b7-6-,13-12-. The fourth-order valence-corrected chi connectivity index (χ4v) is 2.77. The first-order valence-corrected chi connectivity index (χ1v) is 10.3. The van der Waals surface area contributed by atoms with Crippen molar-refractivity contribution >= 4 is 0 Å². The van der Waals surface area contributed by atoms with Gasteiger partial charge in [-0.05, 0) is 57.8 Å². The molecule has 0 aliphatic rings. The lowest BCUT2D eigenvalue weighted by atomic mass is 10.1. The van der Waals surface area contributed by atoms with Crippen LogP contribution in [0.4, 0.5) is 0 Å². The van der Waals surface area contributed by atoms with Crippen LogP contribution in [0.5, 0.6) is 0 Å². The average molecular weight is 323 g/mol. The summed E-state index contributed by atoms with van der Waals surface area (Å²) in [6.45, 7) is 2.62. The fraction of sp³-hybridized carbons (Fsp3) is 0.818. The Bertz CT molecular complexity index is 255. The zero-order chi connectivity index (χ0) is 16.8. The van der Waals surface area contributed by atoms with Crippen molar-refractivity contribution in [2.75, 3.05) is 6.61 Å². The van der Waals surface area contributed by atoms with Crippen molar-refractivity contribution in [1.29, 1.82) is 0 Å². The third-order valence-corrected chi connectivity index (χ3v) is 4.33. The molecule has 1 nitrogen and oxygen atoms in total. The monoisotopic (exact) mass is 322 g/mol. The van der Waals surface area contributed by atoms with E-state index in [0.29, 0.717) is 6.61 Å². The predicted octanol–water partition coefficient (Wildman–Crippen LogP) is 7.35. The number of unbranched alkanes of at least 4 members (excludes halogenated alkanes) is 13. The number of rotatable bonds is 18. The van der Waals surface area contributed by atoms with E-state index in [1.807, 2.05) is 0 Å². The van der Waals surface area contributed by atoms with Crippen LogP contribution in [0, 0.1) is 0 Å². The Balaban J connectivity index is 3.11. The Labute approximate surface area is 146 Å². The van der Waals surface area contributed by atoms with E-state index in [4.69, 9.17) is 5.11 Å². The molecule has 0 aromatic carbocycles. The third kappa shape index (κ3) is 21.4. The van der Waals surface area contributed by atoms with Gasteiger partial charge in [-0.3, -0.25) is 0 Å². The second-order valence-electron chi connectivity index (χ2n) is 6.71. The van der Waals surface area contributed by atoms with Crippen molar-refractivity contribution < 1.29 is 5.11 Å². The molecule has 0 spiro atoms. The molecule has 0 fully saturated rings. The Kier molecular flexibility index (Phi) is 20.9. The van der Waals surface area contributed by atoms with Crippen molar-refractivity contribution in [2.24, 2.45) is 0 Å². The van der Waals surface area contributed by atoms with E-state index in [2.05, 4.69) is 31.2 Å². The number of hydrogen-bond acceptors (Lipinski definition) is 1. The Hall–Kier alpha value is -0.560. The lowest BCUT2D eigenvalue weighted by Gasteiger charge is -1.99. The number of aliphatic hydroxyl groups excluding tert-OH is 1. The summed E-state index contributed by atoms with van der Waals surface area (Å²) < 4.78 is 0. The molecule has 1 N–H and O–H groups in total. The highest BCUT2D eigenvalue weighted by Gasteiger charge is 1.90. The Morgan fingerprint density at radius 3 is 1.26 bits per heavy atom. The molecule has 0 saturated carbocycles. The Morgan fingerprint density at radius 2 is 0.826 bits per heavy atom. The minimum Gasteiger partial charge on any atom is -0.396 e. The summed E-state index contributed by atoms with van der Waals surface area (Å²) in [6.07, 6.45) is 30.2. The van der Waals surface area contributed by atoms with E-state index in [1.54, 1.807) is 0 Å². The fourth-order valence-electron chi connectivity index (χ4n) is 2.77. The Morgan fingerprint density at radius 1 is 0.478 bits per heavy atom. The summed E-state index contributed by atoms with van der Waals surface area (Å²) in [6, 6.07) is 0. The van der Waals surface area contributed by atoms with E-state index in [9.17, 15) is 0 Å². The largest absolute Gasteiger partial charge is 0.396 e. The molecule has 0 bridgehead atoms. The molecule has 1 heteroatoms. The van der Waals surface area contributed by atoms with Gasteiger partial charge in [0.05, 0.1) is 0 Å². The lowest BCUT2D eigenvalue weighted by molar-refractivity contribution is 0.282. The SMILES string of the molecule is CCCCC/C=C\CCCC/C=C\CCCCCCCCCO. The topological polar surface area (TPSA) is 20.2 Å². The summed E-state index contributed by atoms with van der Waals surface area (Å²) >= 11 is 0. The molecule has 0 saturated heterocycles. The minimum absolute atomic E-state index is 0.361. The zero-order valence-corrected chi connectivity index (χ0v) is 15.8. The molecule has 0 atom stereocenters. The van der Waals surface area contributed by atoms with Gasteiger partial charge >= 0.3 is 0 Å². The molecule has 136 valence electrons. The van der Waals surface area contributed by atoms with Gasteiger partial charge in [-0.15, -0.1) is 0 Å². The summed E-state index contributed by atoms with van der Waals surface area (Å²) in [7, 11) is 0. The first-order chi connectivity index (χ1) is 11.4. The van der Waals surface area contributed by atoms with Gasteiger partial charge in [-0.2, -0.15) is 0 Å². The van der Waals surface area contributed by atoms with E-state index in [1.165, 1.54) is 96.3 Å². The summed E-state index contributed by atoms with van der Waals surface area (Å²) in [5.74, 6) is 0. The maximum atomic E-state index is 8.70. The van der Waals surface area contributed by atoms with E-state index in [0.717, 1.165) is 6.42 Å². The molecular formula is C22H42O. The molecule has 0 rings (SSSR count). The van der Waals surface area contributed by atoms with Gasteiger partial charge in [-0.1, -0.05) is 76.2 Å². The van der Waals surface area contributed by atoms with Crippen LogP contribution in [0.2, 0.25) is 0 Å². The van der Waals surface area contributed by atoms with Crippen LogP contribution in [0.25, 0.3) is 0 Å². The average Bonchev–Trinajstić information content (AvgIpc) is 2.57. The van der Waals surface area contributed by atoms with Gasteiger partial charge in [0.2, 0.25) is 0 Å². The minimum atomic E-state index is 0.361. The number of aliphatic hydroxyl groups is 1. The molecule has 0 aromatic heterocycles. The van der Waals surface area contributed by atoms with Crippen molar-refractivity contribution in [3.05, 3.63) is 24.3 Å². The molecule has 23 heavy (non-hydrogen) atoms. The summed E-state index contributed by atoms with van der Waals surface area (Å²) in [5, 5.41) is 8.70.